The van der Waals surface area contributed by atoms with E-state index in [2.05, 4.69) is 164 Å². The van der Waals surface area contributed by atoms with Crippen LogP contribution in [0.5, 0.6) is 0 Å². The molecule has 4 nitrogen and oxygen atoms in total. The van der Waals surface area contributed by atoms with Gasteiger partial charge in [-0.2, -0.15) is 0 Å². The van der Waals surface area contributed by atoms with Crippen LogP contribution in [0.4, 0.5) is 0 Å². The average molecular weight is 699 g/mol. The van der Waals surface area contributed by atoms with Crippen molar-refractivity contribution in [3.8, 4) is 22.6 Å². The highest BCUT2D eigenvalue weighted by molar-refractivity contribution is 6.89. The minimum Gasteiger partial charge on any atom is -0.455 e. The van der Waals surface area contributed by atoms with E-state index in [1.807, 2.05) is 13.8 Å². The Hall–Kier alpha value is -5.00. The molecule has 1 atom stereocenters. The zero-order valence-corrected chi connectivity index (χ0v) is 32.7. The lowest BCUT2D eigenvalue weighted by Gasteiger charge is -2.25. The Labute approximate surface area is 308 Å². The number of hydrogen-bond donors (Lipinski definition) is 0. The number of benzene rings is 5. The summed E-state index contributed by atoms with van der Waals surface area (Å²) in [6, 6.07) is 36.5. The molecule has 5 heterocycles. The van der Waals surface area contributed by atoms with Crippen LogP contribution in [0.1, 0.15) is 83.0 Å². The van der Waals surface area contributed by atoms with Crippen LogP contribution in [-0.4, -0.2) is 12.6 Å². The van der Waals surface area contributed by atoms with Gasteiger partial charge in [0.15, 0.2) is 22.8 Å². The lowest BCUT2D eigenvalue weighted by atomic mass is 9.88. The van der Waals surface area contributed by atoms with Crippen LogP contribution in [0.3, 0.4) is 0 Å². The summed E-state index contributed by atoms with van der Waals surface area (Å²) in [6.07, 6.45) is 2.46. The second kappa shape index (κ2) is 10.5. The maximum Gasteiger partial charge on any atom is 0.364 e. The SMILES string of the molecule is [2H]C(C)(C)c1cc2[n+](cc1[Si](C)(C)C)C1(c3ccccc3-2)c2ccc3c(oc4cc(C(C)C)ccc43)c2-c2n(C(C)C)c3ccc4ccccc4c3[n+]21. The topological polar surface area (TPSA) is 25.8 Å². The van der Waals surface area contributed by atoms with Crippen LogP contribution in [0, 0.1) is 0 Å². The summed E-state index contributed by atoms with van der Waals surface area (Å²) < 4.78 is 24.4. The molecule has 2 aliphatic heterocycles. The van der Waals surface area contributed by atoms with Crippen LogP contribution in [-0.2, 0) is 5.66 Å². The van der Waals surface area contributed by atoms with E-state index in [1.54, 1.807) is 0 Å². The summed E-state index contributed by atoms with van der Waals surface area (Å²) in [6.45, 7) is 20.5. The second-order valence-corrected chi connectivity index (χ2v) is 22.0. The van der Waals surface area contributed by atoms with Gasteiger partial charge in [-0.15, -0.1) is 9.13 Å². The molecule has 0 amide bonds. The van der Waals surface area contributed by atoms with Crippen LogP contribution in [0.25, 0.3) is 66.4 Å². The van der Waals surface area contributed by atoms with Crippen molar-refractivity contribution in [2.45, 2.75) is 84.7 Å². The summed E-state index contributed by atoms with van der Waals surface area (Å²) in [5.41, 5.74) is 12.0. The van der Waals surface area contributed by atoms with Crippen molar-refractivity contribution in [2.75, 3.05) is 0 Å². The van der Waals surface area contributed by atoms with Gasteiger partial charge in [0, 0.05) is 28.8 Å². The van der Waals surface area contributed by atoms with E-state index in [0.29, 0.717) is 5.92 Å². The van der Waals surface area contributed by atoms with E-state index in [4.69, 9.17) is 4.42 Å². The third-order valence-corrected chi connectivity index (χ3v) is 14.0. The normalized spacial score (nSPS) is 16.9. The molecule has 5 heteroatoms. The number of hydrogen-bond acceptors (Lipinski definition) is 1. The molecule has 52 heavy (non-hydrogen) atoms. The number of pyridine rings is 1. The number of furan rings is 1. The molecule has 258 valence electrons. The monoisotopic (exact) mass is 698 g/mol. The van der Waals surface area contributed by atoms with Gasteiger partial charge in [-0.05, 0) is 90.7 Å². The van der Waals surface area contributed by atoms with Crippen molar-refractivity contribution in [1.82, 2.24) is 4.57 Å². The van der Waals surface area contributed by atoms with Crippen molar-refractivity contribution < 1.29 is 14.9 Å². The van der Waals surface area contributed by atoms with Gasteiger partial charge < -0.3 is 4.42 Å². The number of fused-ring (bicyclic) bond motifs is 18. The molecule has 0 saturated carbocycles. The second-order valence-electron chi connectivity index (χ2n) is 17.0. The van der Waals surface area contributed by atoms with E-state index in [0.717, 1.165) is 38.8 Å². The molecular weight excluding hydrogens is 651 g/mol. The fraction of sp³-hybridized carbons (Fsp3) is 0.277. The first-order valence-electron chi connectivity index (χ1n) is 19.4. The molecule has 5 aromatic carbocycles. The van der Waals surface area contributed by atoms with E-state index in [-0.39, 0.29) is 6.04 Å². The molecule has 0 fully saturated rings. The van der Waals surface area contributed by atoms with Crippen LogP contribution >= 0.6 is 0 Å². The molecule has 0 bridgehead atoms. The van der Waals surface area contributed by atoms with Gasteiger partial charge in [-0.3, -0.25) is 0 Å². The maximum absolute atomic E-state index is 9.40. The summed E-state index contributed by atoms with van der Waals surface area (Å²) >= 11 is 0. The highest BCUT2D eigenvalue weighted by atomic mass is 28.3. The van der Waals surface area contributed by atoms with E-state index >= 15 is 0 Å². The van der Waals surface area contributed by atoms with Gasteiger partial charge in [0.1, 0.15) is 11.1 Å². The largest absolute Gasteiger partial charge is 0.455 e. The Bertz CT molecular complexity index is 2880. The van der Waals surface area contributed by atoms with E-state index in [1.165, 1.54) is 55.1 Å². The van der Waals surface area contributed by atoms with Crippen molar-refractivity contribution in [3.63, 3.8) is 0 Å². The molecule has 0 saturated heterocycles. The third kappa shape index (κ3) is 3.87. The Morgan fingerprint density at radius 1 is 0.769 bits per heavy atom. The zero-order valence-electron chi connectivity index (χ0n) is 32.7. The summed E-state index contributed by atoms with van der Waals surface area (Å²) in [4.78, 5) is 0. The van der Waals surface area contributed by atoms with Crippen LogP contribution in [0.2, 0.25) is 19.6 Å². The molecule has 8 aromatic rings. The first kappa shape index (κ1) is 30.6. The summed E-state index contributed by atoms with van der Waals surface area (Å²) in [5.74, 6) is 0.827. The average Bonchev–Trinajstić information content (AvgIpc) is 3.83. The molecule has 3 aromatic heterocycles. The summed E-state index contributed by atoms with van der Waals surface area (Å²) in [5, 5.41) is 6.09. The molecular formula is C47H47N3OSi+2. The fourth-order valence-electron chi connectivity index (χ4n) is 9.60. The Morgan fingerprint density at radius 3 is 2.27 bits per heavy atom. The third-order valence-electron chi connectivity index (χ3n) is 11.9. The van der Waals surface area contributed by atoms with Crippen LogP contribution < -0.4 is 14.3 Å². The first-order valence-corrected chi connectivity index (χ1v) is 22.4. The van der Waals surface area contributed by atoms with Crippen LogP contribution in [0.15, 0.2) is 108 Å². The molecule has 0 N–H and O–H groups in total. The Morgan fingerprint density at radius 2 is 1.52 bits per heavy atom. The van der Waals surface area contributed by atoms with Gasteiger partial charge in [0.2, 0.25) is 5.69 Å². The lowest BCUT2D eigenvalue weighted by Crippen LogP contribution is -2.72. The number of rotatable bonds is 4. The van der Waals surface area contributed by atoms with Crippen molar-refractivity contribution >= 4 is 57.0 Å². The number of imidazole rings is 1. The lowest BCUT2D eigenvalue weighted by molar-refractivity contribution is -0.944. The van der Waals surface area contributed by atoms with Gasteiger partial charge in [-0.25, -0.2) is 4.57 Å². The highest BCUT2D eigenvalue weighted by Gasteiger charge is 2.67. The number of nitrogens with zero attached hydrogens (tertiary/aromatic N) is 3. The van der Waals surface area contributed by atoms with Gasteiger partial charge in [-0.1, -0.05) is 89.8 Å². The quantitative estimate of drug-likeness (QED) is 0.133. The number of aromatic nitrogens is 3. The molecule has 0 radical (unpaired) electrons. The molecule has 10 rings (SSSR count). The zero-order chi connectivity index (χ0) is 36.9. The van der Waals surface area contributed by atoms with Gasteiger partial charge >= 0.3 is 11.5 Å². The van der Waals surface area contributed by atoms with Crippen molar-refractivity contribution in [3.05, 3.63) is 126 Å². The first-order chi connectivity index (χ1) is 25.2. The standard InChI is InChI=1S/C47H47N3OSi/c1-27(2)31-18-20-33-34-21-22-38-43(45(34)51-41(33)24-31)46-49(29(5)6)39-23-19-30-14-10-11-15-32(30)44(39)50(46)47(38)37-17-13-12-16-35(37)40-25-36(28(3)4)42(26-48(40)47)52(7,8)9/h10-29H,1-9H3/q+2/i28D. The van der Waals surface area contributed by atoms with E-state index in [9.17, 15) is 1.37 Å². The minimum atomic E-state index is -1.95. The van der Waals surface area contributed by atoms with Crippen molar-refractivity contribution in [2.24, 2.45) is 0 Å². The minimum absolute atomic E-state index is 0.176. The highest BCUT2D eigenvalue weighted by Crippen LogP contribution is 2.53. The maximum atomic E-state index is 9.40. The van der Waals surface area contributed by atoms with Crippen molar-refractivity contribution in [1.29, 1.82) is 0 Å². The molecule has 2 aliphatic rings. The predicted octanol–water partition coefficient (Wildman–Crippen LogP) is 10.9. The predicted molar refractivity (Wildman–Crippen MR) is 218 cm³/mol. The summed E-state index contributed by atoms with van der Waals surface area (Å²) in [7, 11) is -1.95. The van der Waals surface area contributed by atoms with Gasteiger partial charge in [0.25, 0.3) is 0 Å². The molecule has 1 unspecified atom stereocenters. The Kier molecular flexibility index (Phi) is 6.20. The fourth-order valence-corrected chi connectivity index (χ4v) is 11.2. The van der Waals surface area contributed by atoms with E-state index < -0.39 is 19.6 Å². The Balaban J connectivity index is 1.48. The molecule has 1 spiro atoms. The smallest absolute Gasteiger partial charge is 0.364 e. The van der Waals surface area contributed by atoms with Gasteiger partial charge in [0.05, 0.1) is 30.8 Å². The molecule has 0 aliphatic carbocycles.